The molecule has 0 aromatic rings. The molecule has 3 N–H and O–H groups in total. The second kappa shape index (κ2) is 5.64. The standard InChI is InChI=1S/C12H23N3O/c1-9-7-8-11(16-9)12(15-13)14-10-5-3-2-4-6-10/h9-11H,2-8,13H2,1H3,(H,14,15). The Bertz CT molecular complexity index is 249. The van der Waals surface area contributed by atoms with Crippen LogP contribution in [0.25, 0.3) is 0 Å². The highest BCUT2D eigenvalue weighted by molar-refractivity contribution is 5.86. The first-order valence-electron chi connectivity index (χ1n) is 6.49. The summed E-state index contributed by atoms with van der Waals surface area (Å²) in [6.07, 6.45) is 8.95. The second-order valence-corrected chi connectivity index (χ2v) is 4.96. The minimum absolute atomic E-state index is 0.0990. The third kappa shape index (κ3) is 2.95. The van der Waals surface area contributed by atoms with Crippen molar-refractivity contribution in [1.29, 1.82) is 0 Å². The van der Waals surface area contributed by atoms with Gasteiger partial charge in [0.1, 0.15) is 11.9 Å². The minimum atomic E-state index is 0.0990. The van der Waals surface area contributed by atoms with Crippen molar-refractivity contribution in [3.63, 3.8) is 0 Å². The maximum Gasteiger partial charge on any atom is 0.140 e. The highest BCUT2D eigenvalue weighted by atomic mass is 16.5. The fourth-order valence-corrected chi connectivity index (χ4v) is 2.62. The summed E-state index contributed by atoms with van der Waals surface area (Å²) in [5.74, 6) is 6.41. The van der Waals surface area contributed by atoms with Crippen LogP contribution in [0.2, 0.25) is 0 Å². The fourth-order valence-electron chi connectivity index (χ4n) is 2.62. The first-order valence-corrected chi connectivity index (χ1v) is 6.49. The number of aliphatic imine (C=N–C) groups is 1. The average Bonchev–Trinajstić information content (AvgIpc) is 2.74. The summed E-state index contributed by atoms with van der Waals surface area (Å²) < 4.78 is 5.78. The zero-order valence-electron chi connectivity index (χ0n) is 10.1. The number of ether oxygens (including phenoxy) is 1. The molecule has 2 rings (SSSR count). The molecule has 1 aliphatic carbocycles. The summed E-state index contributed by atoms with van der Waals surface area (Å²) in [5, 5.41) is 0. The van der Waals surface area contributed by atoms with Crippen molar-refractivity contribution in [2.75, 3.05) is 0 Å². The Morgan fingerprint density at radius 1 is 1.19 bits per heavy atom. The van der Waals surface area contributed by atoms with Crippen LogP contribution in [0.1, 0.15) is 51.9 Å². The molecule has 0 amide bonds. The number of rotatable bonds is 2. The highest BCUT2D eigenvalue weighted by Crippen LogP contribution is 2.23. The van der Waals surface area contributed by atoms with Crippen LogP contribution in [0.15, 0.2) is 4.99 Å². The molecule has 0 aromatic heterocycles. The van der Waals surface area contributed by atoms with Crippen molar-refractivity contribution >= 4 is 5.84 Å². The second-order valence-electron chi connectivity index (χ2n) is 4.96. The van der Waals surface area contributed by atoms with Gasteiger partial charge in [0, 0.05) is 0 Å². The van der Waals surface area contributed by atoms with E-state index in [9.17, 15) is 0 Å². The van der Waals surface area contributed by atoms with Gasteiger partial charge in [-0.25, -0.2) is 5.84 Å². The van der Waals surface area contributed by atoms with E-state index in [1.54, 1.807) is 0 Å². The largest absolute Gasteiger partial charge is 0.367 e. The lowest BCUT2D eigenvalue weighted by molar-refractivity contribution is 0.0913. The lowest BCUT2D eigenvalue weighted by Crippen LogP contribution is -2.40. The Labute approximate surface area is 97.6 Å². The molecule has 0 radical (unpaired) electrons. The number of nitrogens with one attached hydrogen (secondary N) is 1. The van der Waals surface area contributed by atoms with E-state index in [-0.39, 0.29) is 6.10 Å². The van der Waals surface area contributed by atoms with Crippen molar-refractivity contribution in [2.45, 2.75) is 70.1 Å². The van der Waals surface area contributed by atoms with Gasteiger partial charge >= 0.3 is 0 Å². The summed E-state index contributed by atoms with van der Waals surface area (Å²) in [6.45, 7) is 2.11. The van der Waals surface area contributed by atoms with Crippen LogP contribution < -0.4 is 11.3 Å². The predicted octanol–water partition coefficient (Wildman–Crippen LogP) is 1.75. The lowest BCUT2D eigenvalue weighted by Gasteiger charge is -2.21. The SMILES string of the molecule is CC1CCC(C(=NC2CCCCC2)NN)O1. The molecule has 4 nitrogen and oxygen atoms in total. The highest BCUT2D eigenvalue weighted by Gasteiger charge is 2.27. The first kappa shape index (κ1) is 11.9. The van der Waals surface area contributed by atoms with Crippen LogP contribution >= 0.6 is 0 Å². The van der Waals surface area contributed by atoms with Crippen LogP contribution in [0.5, 0.6) is 0 Å². The van der Waals surface area contributed by atoms with Crippen LogP contribution in [-0.2, 0) is 4.74 Å². The minimum Gasteiger partial charge on any atom is -0.367 e. The molecule has 1 saturated carbocycles. The molecular formula is C12H23N3O. The molecule has 2 atom stereocenters. The number of nitrogens with zero attached hydrogens (tertiary/aromatic N) is 1. The third-order valence-electron chi connectivity index (χ3n) is 3.58. The van der Waals surface area contributed by atoms with Gasteiger partial charge in [0.05, 0.1) is 12.1 Å². The van der Waals surface area contributed by atoms with Gasteiger partial charge in [-0.05, 0) is 32.6 Å². The van der Waals surface area contributed by atoms with Gasteiger partial charge in [0.25, 0.3) is 0 Å². The normalized spacial score (nSPS) is 33.0. The van der Waals surface area contributed by atoms with Crippen LogP contribution in [0.4, 0.5) is 0 Å². The average molecular weight is 225 g/mol. The van der Waals surface area contributed by atoms with Gasteiger partial charge in [-0.3, -0.25) is 4.99 Å². The molecule has 0 aromatic carbocycles. The summed E-state index contributed by atoms with van der Waals surface area (Å²) in [6, 6.07) is 0.458. The third-order valence-corrected chi connectivity index (χ3v) is 3.58. The molecule has 1 aliphatic heterocycles. The molecule has 4 heteroatoms. The number of hydrogen-bond donors (Lipinski definition) is 2. The first-order chi connectivity index (χ1) is 7.79. The molecule has 2 unspecified atom stereocenters. The number of nitrogens with two attached hydrogens (primary N) is 1. The molecule has 1 saturated heterocycles. The Morgan fingerprint density at radius 2 is 1.94 bits per heavy atom. The van der Waals surface area contributed by atoms with E-state index in [0.717, 1.165) is 18.7 Å². The summed E-state index contributed by atoms with van der Waals surface area (Å²) in [5.41, 5.74) is 2.74. The van der Waals surface area contributed by atoms with E-state index >= 15 is 0 Å². The van der Waals surface area contributed by atoms with E-state index < -0.39 is 0 Å². The van der Waals surface area contributed by atoms with E-state index in [4.69, 9.17) is 15.6 Å². The summed E-state index contributed by atoms with van der Waals surface area (Å²) >= 11 is 0. The van der Waals surface area contributed by atoms with Crippen molar-refractivity contribution < 1.29 is 4.74 Å². The van der Waals surface area contributed by atoms with E-state index in [1.165, 1.54) is 32.1 Å². The van der Waals surface area contributed by atoms with Crippen molar-refractivity contribution in [2.24, 2.45) is 10.8 Å². The van der Waals surface area contributed by atoms with Crippen molar-refractivity contribution in [3.05, 3.63) is 0 Å². The van der Waals surface area contributed by atoms with E-state index in [1.807, 2.05) is 0 Å². The molecule has 0 bridgehead atoms. The molecule has 2 aliphatic rings. The molecule has 92 valence electrons. The lowest BCUT2D eigenvalue weighted by atomic mass is 9.96. The quantitative estimate of drug-likeness (QED) is 0.326. The van der Waals surface area contributed by atoms with Gasteiger partial charge in [-0.2, -0.15) is 0 Å². The number of amidine groups is 1. The van der Waals surface area contributed by atoms with Crippen LogP contribution in [-0.4, -0.2) is 24.1 Å². The maximum atomic E-state index is 5.78. The van der Waals surface area contributed by atoms with Gasteiger partial charge in [-0.1, -0.05) is 19.3 Å². The maximum absolute atomic E-state index is 5.78. The van der Waals surface area contributed by atoms with Crippen LogP contribution in [0.3, 0.4) is 0 Å². The molecular weight excluding hydrogens is 202 g/mol. The number of hydrazine groups is 1. The van der Waals surface area contributed by atoms with Gasteiger partial charge in [0.15, 0.2) is 0 Å². The Morgan fingerprint density at radius 3 is 2.50 bits per heavy atom. The van der Waals surface area contributed by atoms with Gasteiger partial charge in [-0.15, -0.1) is 0 Å². The number of hydrogen-bond acceptors (Lipinski definition) is 3. The monoisotopic (exact) mass is 225 g/mol. The van der Waals surface area contributed by atoms with Gasteiger partial charge < -0.3 is 10.2 Å². The Hall–Kier alpha value is -0.610. The molecule has 0 spiro atoms. The van der Waals surface area contributed by atoms with Gasteiger partial charge in [0.2, 0.25) is 0 Å². The Balaban J connectivity index is 1.94. The van der Waals surface area contributed by atoms with Crippen LogP contribution in [0, 0.1) is 0 Å². The van der Waals surface area contributed by atoms with Crippen molar-refractivity contribution in [1.82, 2.24) is 5.43 Å². The topological polar surface area (TPSA) is 59.6 Å². The zero-order valence-corrected chi connectivity index (χ0v) is 10.1. The smallest absolute Gasteiger partial charge is 0.140 e. The van der Waals surface area contributed by atoms with Crippen molar-refractivity contribution in [3.8, 4) is 0 Å². The molecule has 2 fully saturated rings. The zero-order chi connectivity index (χ0) is 11.4. The summed E-state index contributed by atoms with van der Waals surface area (Å²) in [7, 11) is 0. The fraction of sp³-hybridized carbons (Fsp3) is 0.917. The predicted molar refractivity (Wildman–Crippen MR) is 65.2 cm³/mol. The molecule has 1 heterocycles. The van der Waals surface area contributed by atoms with E-state index in [0.29, 0.717) is 12.1 Å². The Kier molecular flexibility index (Phi) is 4.18. The summed E-state index contributed by atoms with van der Waals surface area (Å²) in [4.78, 5) is 4.73. The van der Waals surface area contributed by atoms with E-state index in [2.05, 4.69) is 12.3 Å². The molecule has 16 heavy (non-hydrogen) atoms.